The number of nitrogens with two attached hydrogens (primary N) is 1. The predicted octanol–water partition coefficient (Wildman–Crippen LogP) is 0.939. The number of carboxylic acid groups (broad SMARTS) is 2. The van der Waals surface area contributed by atoms with Crippen LogP contribution in [0.2, 0.25) is 0 Å². The third-order valence-electron chi connectivity index (χ3n) is 2.93. The highest BCUT2D eigenvalue weighted by Crippen LogP contribution is 2.28. The van der Waals surface area contributed by atoms with Gasteiger partial charge in [-0.2, -0.15) is 0 Å². The average molecular weight is 236 g/mol. The normalized spacial score (nSPS) is 14.1. The van der Waals surface area contributed by atoms with E-state index in [0.29, 0.717) is 24.1 Å². The van der Waals surface area contributed by atoms with Crippen molar-refractivity contribution in [1.29, 1.82) is 0 Å². The van der Waals surface area contributed by atoms with Gasteiger partial charge in [0.1, 0.15) is 11.4 Å². The molecular weight excluding hydrogens is 224 g/mol. The van der Waals surface area contributed by atoms with E-state index >= 15 is 0 Å². The van der Waals surface area contributed by atoms with E-state index < -0.39 is 17.5 Å². The van der Waals surface area contributed by atoms with E-state index in [2.05, 4.69) is 4.98 Å². The first-order chi connectivity index (χ1) is 8.02. The molecule has 0 aromatic carbocycles. The Morgan fingerprint density at radius 2 is 1.65 bits per heavy atom. The van der Waals surface area contributed by atoms with Crippen molar-refractivity contribution >= 4 is 17.8 Å². The van der Waals surface area contributed by atoms with Gasteiger partial charge in [0.25, 0.3) is 0 Å². The molecule has 1 aromatic rings. The zero-order chi connectivity index (χ0) is 12.6. The average Bonchev–Trinajstić information content (AvgIpc) is 2.26. The Bertz CT molecular complexity index is 511. The topological polar surface area (TPSA) is 114 Å². The molecule has 0 fully saturated rings. The molecule has 90 valence electrons. The second kappa shape index (κ2) is 4.04. The minimum absolute atomic E-state index is 0.195. The molecule has 1 heterocycles. The Balaban J connectivity index is 2.76. The van der Waals surface area contributed by atoms with Crippen molar-refractivity contribution in [2.75, 3.05) is 5.73 Å². The van der Waals surface area contributed by atoms with Crippen molar-refractivity contribution in [2.45, 2.75) is 25.7 Å². The van der Waals surface area contributed by atoms with Crippen molar-refractivity contribution in [3.05, 3.63) is 22.4 Å². The molecule has 1 aromatic heterocycles. The van der Waals surface area contributed by atoms with Crippen LogP contribution in [-0.2, 0) is 12.8 Å². The largest absolute Gasteiger partial charge is 0.478 e. The highest BCUT2D eigenvalue weighted by atomic mass is 16.4. The Kier molecular flexibility index (Phi) is 2.71. The van der Waals surface area contributed by atoms with Crippen LogP contribution in [0.15, 0.2) is 0 Å². The van der Waals surface area contributed by atoms with Gasteiger partial charge >= 0.3 is 11.9 Å². The first-order valence-electron chi connectivity index (χ1n) is 5.30. The Morgan fingerprint density at radius 1 is 1.06 bits per heavy atom. The highest BCUT2D eigenvalue weighted by Gasteiger charge is 2.28. The van der Waals surface area contributed by atoms with Gasteiger partial charge in [0, 0.05) is 5.69 Å². The number of nitrogen functional groups attached to an aromatic ring is 1. The second-order valence-corrected chi connectivity index (χ2v) is 3.99. The predicted molar refractivity (Wildman–Crippen MR) is 59.2 cm³/mol. The third kappa shape index (κ3) is 1.82. The van der Waals surface area contributed by atoms with Crippen LogP contribution in [0.3, 0.4) is 0 Å². The maximum absolute atomic E-state index is 11.2. The monoisotopic (exact) mass is 236 g/mol. The van der Waals surface area contributed by atoms with E-state index in [4.69, 9.17) is 15.9 Å². The molecule has 0 bridgehead atoms. The number of carbonyl (C=O) groups is 2. The Labute approximate surface area is 97.1 Å². The molecule has 0 radical (unpaired) electrons. The van der Waals surface area contributed by atoms with Crippen molar-refractivity contribution in [3.8, 4) is 0 Å². The lowest BCUT2D eigenvalue weighted by molar-refractivity contribution is 0.0650. The molecule has 0 aliphatic heterocycles. The minimum Gasteiger partial charge on any atom is -0.478 e. The van der Waals surface area contributed by atoms with Gasteiger partial charge in [-0.1, -0.05) is 0 Å². The molecule has 6 nitrogen and oxygen atoms in total. The fourth-order valence-electron chi connectivity index (χ4n) is 2.21. The van der Waals surface area contributed by atoms with Gasteiger partial charge in [-0.25, -0.2) is 14.6 Å². The summed E-state index contributed by atoms with van der Waals surface area (Å²) >= 11 is 0. The van der Waals surface area contributed by atoms with Gasteiger partial charge in [-0.15, -0.1) is 0 Å². The molecule has 0 spiro atoms. The zero-order valence-corrected chi connectivity index (χ0v) is 9.06. The lowest BCUT2D eigenvalue weighted by Gasteiger charge is -2.19. The van der Waals surface area contributed by atoms with Gasteiger partial charge in [0.05, 0.1) is 5.56 Å². The second-order valence-electron chi connectivity index (χ2n) is 3.99. The van der Waals surface area contributed by atoms with Gasteiger partial charge in [-0.3, -0.25) is 0 Å². The van der Waals surface area contributed by atoms with E-state index in [1.54, 1.807) is 0 Å². The van der Waals surface area contributed by atoms with E-state index in [1.807, 2.05) is 0 Å². The number of hydrogen-bond donors (Lipinski definition) is 3. The number of fused-ring (bicyclic) bond motifs is 1. The van der Waals surface area contributed by atoms with Gasteiger partial charge < -0.3 is 15.9 Å². The van der Waals surface area contributed by atoms with Crippen LogP contribution in [0.4, 0.5) is 5.82 Å². The fraction of sp³-hybridized carbons (Fsp3) is 0.364. The number of carboxylic acids is 2. The molecule has 0 atom stereocenters. The Morgan fingerprint density at radius 3 is 2.24 bits per heavy atom. The lowest BCUT2D eigenvalue weighted by Crippen LogP contribution is -2.20. The molecule has 0 unspecified atom stereocenters. The number of aromatic carboxylic acids is 2. The van der Waals surface area contributed by atoms with Crippen molar-refractivity contribution < 1.29 is 19.8 Å². The van der Waals surface area contributed by atoms with Gasteiger partial charge in [0.2, 0.25) is 0 Å². The summed E-state index contributed by atoms with van der Waals surface area (Å²) in [4.78, 5) is 26.3. The molecule has 2 rings (SSSR count). The molecule has 1 aliphatic carbocycles. The van der Waals surface area contributed by atoms with Gasteiger partial charge in [-0.05, 0) is 31.2 Å². The van der Waals surface area contributed by atoms with Crippen LogP contribution in [0, 0.1) is 0 Å². The number of anilines is 1. The van der Waals surface area contributed by atoms with Crippen LogP contribution in [0.25, 0.3) is 0 Å². The number of aromatic nitrogens is 1. The van der Waals surface area contributed by atoms with E-state index in [1.165, 1.54) is 0 Å². The van der Waals surface area contributed by atoms with Crippen LogP contribution in [-0.4, -0.2) is 27.1 Å². The molecule has 4 N–H and O–H groups in total. The molecule has 0 amide bonds. The standard InChI is InChI=1S/C11H12N2O4/c12-9-8(11(16)17)7(10(14)15)5-3-1-2-4-6(5)13-9/h1-4H2,(H2,12,13)(H,14,15)(H,16,17). The molecule has 0 saturated carbocycles. The van der Waals surface area contributed by atoms with Crippen molar-refractivity contribution in [3.63, 3.8) is 0 Å². The summed E-state index contributed by atoms with van der Waals surface area (Å²) in [6.45, 7) is 0. The maximum Gasteiger partial charge on any atom is 0.340 e. The van der Waals surface area contributed by atoms with Crippen molar-refractivity contribution in [1.82, 2.24) is 4.98 Å². The third-order valence-corrected chi connectivity index (χ3v) is 2.93. The SMILES string of the molecule is Nc1nc2c(c(C(=O)O)c1C(=O)O)CCCC2. The molecular formula is C11H12N2O4. The maximum atomic E-state index is 11.2. The number of rotatable bonds is 2. The molecule has 1 aliphatic rings. The smallest absolute Gasteiger partial charge is 0.340 e. The summed E-state index contributed by atoms with van der Waals surface area (Å²) in [5, 5.41) is 18.2. The summed E-state index contributed by atoms with van der Waals surface area (Å²) in [5.74, 6) is -2.81. The first kappa shape index (κ1) is 11.4. The quantitative estimate of drug-likeness (QED) is 0.704. The number of nitrogens with zero attached hydrogens (tertiary/aromatic N) is 1. The molecule has 6 heteroatoms. The summed E-state index contributed by atoms with van der Waals surface area (Å²) < 4.78 is 0. The first-order valence-corrected chi connectivity index (χ1v) is 5.30. The van der Waals surface area contributed by atoms with Crippen LogP contribution in [0.5, 0.6) is 0 Å². The van der Waals surface area contributed by atoms with Crippen molar-refractivity contribution in [2.24, 2.45) is 0 Å². The Hall–Kier alpha value is -2.11. The van der Waals surface area contributed by atoms with Crippen LogP contribution >= 0.6 is 0 Å². The van der Waals surface area contributed by atoms with Crippen LogP contribution in [0.1, 0.15) is 44.8 Å². The zero-order valence-electron chi connectivity index (χ0n) is 9.06. The lowest BCUT2D eigenvalue weighted by atomic mass is 9.89. The summed E-state index contributed by atoms with van der Waals surface area (Å²) in [6, 6.07) is 0. The van der Waals surface area contributed by atoms with Gasteiger partial charge in [0.15, 0.2) is 0 Å². The van der Waals surface area contributed by atoms with Crippen LogP contribution < -0.4 is 5.73 Å². The molecule has 17 heavy (non-hydrogen) atoms. The summed E-state index contributed by atoms with van der Waals surface area (Å²) in [5.41, 5.74) is 6.09. The summed E-state index contributed by atoms with van der Waals surface area (Å²) in [7, 11) is 0. The van der Waals surface area contributed by atoms with E-state index in [-0.39, 0.29) is 11.4 Å². The fourth-order valence-corrected chi connectivity index (χ4v) is 2.21. The number of aryl methyl sites for hydroxylation is 1. The highest BCUT2D eigenvalue weighted by molar-refractivity contribution is 6.06. The molecule has 0 saturated heterocycles. The van der Waals surface area contributed by atoms with E-state index in [9.17, 15) is 9.59 Å². The minimum atomic E-state index is -1.35. The summed E-state index contributed by atoms with van der Waals surface area (Å²) in [6.07, 6.45) is 2.97. The van der Waals surface area contributed by atoms with E-state index in [0.717, 1.165) is 12.8 Å². The number of hydrogen-bond acceptors (Lipinski definition) is 4. The number of pyridine rings is 1.